The number of amides is 1. The van der Waals surface area contributed by atoms with E-state index < -0.39 is 0 Å². The molecular formula is C21H26N2O. The number of rotatable bonds is 5. The lowest BCUT2D eigenvalue weighted by molar-refractivity contribution is -0.117. The first-order chi connectivity index (χ1) is 11.6. The van der Waals surface area contributed by atoms with Gasteiger partial charge < -0.3 is 5.32 Å². The van der Waals surface area contributed by atoms with Gasteiger partial charge in [0, 0.05) is 11.7 Å². The summed E-state index contributed by atoms with van der Waals surface area (Å²) in [5.74, 6) is 0.0610. The summed E-state index contributed by atoms with van der Waals surface area (Å²) in [6.45, 7) is 4.58. The van der Waals surface area contributed by atoms with Gasteiger partial charge in [-0.2, -0.15) is 0 Å². The number of hydrogen-bond acceptors (Lipinski definition) is 2. The number of anilines is 1. The molecule has 0 radical (unpaired) electrons. The topological polar surface area (TPSA) is 32.3 Å². The van der Waals surface area contributed by atoms with Crippen LogP contribution in [0.15, 0.2) is 42.5 Å². The lowest BCUT2D eigenvalue weighted by Crippen LogP contribution is -2.32. The minimum Gasteiger partial charge on any atom is -0.324 e. The van der Waals surface area contributed by atoms with E-state index in [9.17, 15) is 4.79 Å². The van der Waals surface area contributed by atoms with Crippen molar-refractivity contribution in [1.82, 2.24) is 4.90 Å². The second-order valence-electron chi connectivity index (χ2n) is 6.68. The number of benzene rings is 2. The first kappa shape index (κ1) is 16.7. The van der Waals surface area contributed by atoms with Gasteiger partial charge in [0.1, 0.15) is 0 Å². The second-order valence-corrected chi connectivity index (χ2v) is 6.68. The Morgan fingerprint density at radius 3 is 2.79 bits per heavy atom. The summed E-state index contributed by atoms with van der Waals surface area (Å²) in [4.78, 5) is 14.7. The average molecular weight is 322 g/mol. The first-order valence-corrected chi connectivity index (χ1v) is 8.76. The van der Waals surface area contributed by atoms with Gasteiger partial charge in [0.15, 0.2) is 0 Å². The van der Waals surface area contributed by atoms with E-state index in [-0.39, 0.29) is 5.91 Å². The summed E-state index contributed by atoms with van der Waals surface area (Å²) in [5.41, 5.74) is 6.08. The molecule has 24 heavy (non-hydrogen) atoms. The molecule has 0 aliphatic heterocycles. The van der Waals surface area contributed by atoms with Crippen molar-refractivity contribution in [2.45, 2.75) is 39.2 Å². The van der Waals surface area contributed by atoms with Crippen molar-refractivity contribution in [3.8, 4) is 0 Å². The zero-order chi connectivity index (χ0) is 17.1. The van der Waals surface area contributed by atoms with Gasteiger partial charge in [0.2, 0.25) is 5.91 Å². The lowest BCUT2D eigenvalue weighted by Gasteiger charge is -2.25. The van der Waals surface area contributed by atoms with Crippen LogP contribution in [-0.2, 0) is 17.6 Å². The van der Waals surface area contributed by atoms with Gasteiger partial charge in [-0.1, -0.05) is 49.4 Å². The van der Waals surface area contributed by atoms with E-state index in [2.05, 4.69) is 47.5 Å². The maximum Gasteiger partial charge on any atom is 0.238 e. The second kappa shape index (κ2) is 7.18. The standard InChI is InChI=1S/C21H26N2O/c1-4-16-10-7-8-15(2)21(16)22-20(24)14-23(3)19-13-12-17-9-5-6-11-18(17)19/h5-11,19H,4,12-14H2,1-3H3,(H,22,24)/t19-/m0/s1. The molecule has 1 N–H and O–H groups in total. The molecule has 3 rings (SSSR count). The number of para-hydroxylation sites is 1. The van der Waals surface area contributed by atoms with Gasteiger partial charge in [-0.05, 0) is 55.5 Å². The smallest absolute Gasteiger partial charge is 0.238 e. The van der Waals surface area contributed by atoms with Gasteiger partial charge in [0.25, 0.3) is 0 Å². The van der Waals surface area contributed by atoms with Crippen molar-refractivity contribution >= 4 is 11.6 Å². The largest absolute Gasteiger partial charge is 0.324 e. The Labute approximate surface area is 144 Å². The van der Waals surface area contributed by atoms with E-state index in [1.165, 1.54) is 16.7 Å². The molecule has 0 bridgehead atoms. The van der Waals surface area contributed by atoms with Gasteiger partial charge in [-0.15, -0.1) is 0 Å². The number of hydrogen-bond donors (Lipinski definition) is 1. The van der Waals surface area contributed by atoms with E-state index in [0.29, 0.717) is 12.6 Å². The summed E-state index contributed by atoms with van der Waals surface area (Å²) in [6, 6.07) is 15.1. The maximum absolute atomic E-state index is 12.6. The van der Waals surface area contributed by atoms with Crippen LogP contribution in [0.1, 0.15) is 41.6 Å². The molecule has 0 spiro atoms. The van der Waals surface area contributed by atoms with E-state index in [1.807, 2.05) is 26.1 Å². The molecule has 3 heteroatoms. The predicted molar refractivity (Wildman–Crippen MR) is 99.3 cm³/mol. The Morgan fingerprint density at radius 2 is 2.00 bits per heavy atom. The van der Waals surface area contributed by atoms with E-state index in [0.717, 1.165) is 30.5 Å². The van der Waals surface area contributed by atoms with Crippen molar-refractivity contribution in [1.29, 1.82) is 0 Å². The number of nitrogens with one attached hydrogen (secondary N) is 1. The SMILES string of the molecule is CCc1cccc(C)c1NC(=O)CN(C)[C@H]1CCc2ccccc21. The zero-order valence-electron chi connectivity index (χ0n) is 14.8. The Balaban J connectivity index is 1.68. The quantitative estimate of drug-likeness (QED) is 0.898. The normalized spacial score (nSPS) is 16.2. The highest BCUT2D eigenvalue weighted by Crippen LogP contribution is 2.34. The Hall–Kier alpha value is -2.13. The molecule has 0 heterocycles. The molecule has 1 aliphatic carbocycles. The molecular weight excluding hydrogens is 296 g/mol. The van der Waals surface area contributed by atoms with E-state index in [4.69, 9.17) is 0 Å². The van der Waals surface area contributed by atoms with Crippen LogP contribution in [-0.4, -0.2) is 24.4 Å². The molecule has 0 unspecified atom stereocenters. The number of likely N-dealkylation sites (N-methyl/N-ethyl adjacent to an activating group) is 1. The third-order valence-electron chi connectivity index (χ3n) is 5.03. The van der Waals surface area contributed by atoms with Crippen LogP contribution in [0.5, 0.6) is 0 Å². The molecule has 0 saturated carbocycles. The molecule has 2 aromatic rings. The Bertz CT molecular complexity index is 738. The molecule has 2 aromatic carbocycles. The monoisotopic (exact) mass is 322 g/mol. The minimum absolute atomic E-state index is 0.0610. The molecule has 1 amide bonds. The number of carbonyl (C=O) groups excluding carboxylic acids is 1. The molecule has 126 valence electrons. The van der Waals surface area contributed by atoms with Crippen LogP contribution in [0.4, 0.5) is 5.69 Å². The van der Waals surface area contributed by atoms with E-state index >= 15 is 0 Å². The third kappa shape index (κ3) is 3.36. The van der Waals surface area contributed by atoms with Crippen LogP contribution in [0.2, 0.25) is 0 Å². The highest BCUT2D eigenvalue weighted by atomic mass is 16.2. The summed E-state index contributed by atoms with van der Waals surface area (Å²) < 4.78 is 0. The fourth-order valence-electron chi connectivity index (χ4n) is 3.71. The van der Waals surface area contributed by atoms with Gasteiger partial charge in [-0.25, -0.2) is 0 Å². The molecule has 1 aliphatic rings. The zero-order valence-corrected chi connectivity index (χ0v) is 14.8. The molecule has 0 fully saturated rings. The summed E-state index contributed by atoms with van der Waals surface area (Å²) >= 11 is 0. The summed E-state index contributed by atoms with van der Waals surface area (Å²) in [6.07, 6.45) is 3.11. The Kier molecular flexibility index (Phi) is 5.00. The number of fused-ring (bicyclic) bond motifs is 1. The number of aryl methyl sites for hydroxylation is 3. The van der Waals surface area contributed by atoms with Crippen LogP contribution < -0.4 is 5.32 Å². The van der Waals surface area contributed by atoms with Gasteiger partial charge in [-0.3, -0.25) is 9.69 Å². The van der Waals surface area contributed by atoms with Crippen LogP contribution in [0.25, 0.3) is 0 Å². The van der Waals surface area contributed by atoms with Crippen molar-refractivity contribution in [3.05, 3.63) is 64.7 Å². The van der Waals surface area contributed by atoms with Gasteiger partial charge >= 0.3 is 0 Å². The number of carbonyl (C=O) groups is 1. The van der Waals surface area contributed by atoms with Crippen LogP contribution in [0.3, 0.4) is 0 Å². The van der Waals surface area contributed by atoms with Crippen LogP contribution in [0, 0.1) is 6.92 Å². The average Bonchev–Trinajstić information content (AvgIpc) is 3.00. The lowest BCUT2D eigenvalue weighted by atomic mass is 10.1. The van der Waals surface area contributed by atoms with Gasteiger partial charge in [0.05, 0.1) is 6.54 Å². The highest BCUT2D eigenvalue weighted by Gasteiger charge is 2.26. The Morgan fingerprint density at radius 1 is 1.21 bits per heavy atom. The fourth-order valence-corrected chi connectivity index (χ4v) is 3.71. The third-order valence-corrected chi connectivity index (χ3v) is 5.03. The van der Waals surface area contributed by atoms with Crippen molar-refractivity contribution in [3.63, 3.8) is 0 Å². The van der Waals surface area contributed by atoms with Crippen molar-refractivity contribution < 1.29 is 4.79 Å². The molecule has 3 nitrogen and oxygen atoms in total. The minimum atomic E-state index is 0.0610. The highest BCUT2D eigenvalue weighted by molar-refractivity contribution is 5.93. The first-order valence-electron chi connectivity index (χ1n) is 8.76. The molecule has 0 saturated heterocycles. The molecule has 1 atom stereocenters. The maximum atomic E-state index is 12.6. The summed E-state index contributed by atoms with van der Waals surface area (Å²) in [7, 11) is 2.05. The number of nitrogens with zero attached hydrogens (tertiary/aromatic N) is 1. The van der Waals surface area contributed by atoms with Crippen LogP contribution >= 0.6 is 0 Å². The summed E-state index contributed by atoms with van der Waals surface area (Å²) in [5, 5.41) is 3.13. The molecule has 0 aromatic heterocycles. The van der Waals surface area contributed by atoms with E-state index in [1.54, 1.807) is 0 Å². The van der Waals surface area contributed by atoms with Crippen molar-refractivity contribution in [2.24, 2.45) is 0 Å². The fraction of sp³-hybridized carbons (Fsp3) is 0.381. The van der Waals surface area contributed by atoms with Crippen molar-refractivity contribution in [2.75, 3.05) is 18.9 Å². The predicted octanol–water partition coefficient (Wildman–Crippen LogP) is 4.12.